The first-order valence-corrected chi connectivity index (χ1v) is 7.87. The highest BCUT2D eigenvalue weighted by atomic mass is 16.6. The van der Waals surface area contributed by atoms with Gasteiger partial charge in [-0.15, -0.1) is 0 Å². The largest absolute Gasteiger partial charge is 0.383 e. The average molecular weight is 341 g/mol. The van der Waals surface area contributed by atoms with Crippen LogP contribution in [0.3, 0.4) is 0 Å². The Kier molecular flexibility index (Phi) is 5.84. The molecule has 2 aromatic carbocycles. The Labute approximate surface area is 145 Å². The summed E-state index contributed by atoms with van der Waals surface area (Å²) in [7, 11) is 1.57. The number of nitro groups is 1. The third-order valence-electron chi connectivity index (χ3n) is 3.68. The number of rotatable bonds is 7. The predicted molar refractivity (Wildman–Crippen MR) is 95.1 cm³/mol. The van der Waals surface area contributed by atoms with Crippen LogP contribution in [0.1, 0.15) is 39.6 Å². The zero-order valence-corrected chi connectivity index (χ0v) is 14.0. The SMILES string of the molecule is CCCNC(=O)c1ccccc1C(=O)c1ccc(NC)c([N+](=O)[O-])c1. The van der Waals surface area contributed by atoms with Gasteiger partial charge in [-0.3, -0.25) is 19.7 Å². The van der Waals surface area contributed by atoms with Gasteiger partial charge in [0.15, 0.2) is 5.78 Å². The Balaban J connectivity index is 2.43. The van der Waals surface area contributed by atoms with E-state index in [9.17, 15) is 19.7 Å². The summed E-state index contributed by atoms with van der Waals surface area (Å²) < 4.78 is 0. The summed E-state index contributed by atoms with van der Waals surface area (Å²) in [5.41, 5.74) is 0.738. The van der Waals surface area contributed by atoms with Crippen LogP contribution < -0.4 is 10.6 Å². The topological polar surface area (TPSA) is 101 Å². The number of amides is 1. The minimum absolute atomic E-state index is 0.154. The second-order valence-corrected chi connectivity index (χ2v) is 5.37. The van der Waals surface area contributed by atoms with E-state index in [0.717, 1.165) is 6.42 Å². The Morgan fingerprint density at radius 1 is 1.12 bits per heavy atom. The van der Waals surface area contributed by atoms with Crippen LogP contribution in [0.5, 0.6) is 0 Å². The molecule has 2 aromatic rings. The molecule has 0 unspecified atom stereocenters. The van der Waals surface area contributed by atoms with Crippen LogP contribution in [-0.2, 0) is 0 Å². The molecule has 7 heteroatoms. The Bertz CT molecular complexity index is 818. The van der Waals surface area contributed by atoms with E-state index >= 15 is 0 Å². The van der Waals surface area contributed by atoms with Crippen molar-refractivity contribution in [2.24, 2.45) is 0 Å². The number of hydrogen-bond donors (Lipinski definition) is 2. The number of nitro benzene ring substituents is 1. The van der Waals surface area contributed by atoms with Crippen molar-refractivity contribution in [3.8, 4) is 0 Å². The number of carbonyl (C=O) groups is 2. The van der Waals surface area contributed by atoms with Crippen LogP contribution in [0.25, 0.3) is 0 Å². The number of benzene rings is 2. The molecule has 0 aliphatic carbocycles. The quantitative estimate of drug-likeness (QED) is 0.458. The maximum absolute atomic E-state index is 12.8. The molecule has 0 aliphatic rings. The van der Waals surface area contributed by atoms with Crippen molar-refractivity contribution in [3.05, 3.63) is 69.3 Å². The van der Waals surface area contributed by atoms with Gasteiger partial charge in [-0.25, -0.2) is 0 Å². The lowest BCUT2D eigenvalue weighted by molar-refractivity contribution is -0.384. The fraction of sp³-hybridized carbons (Fsp3) is 0.222. The van der Waals surface area contributed by atoms with Gasteiger partial charge < -0.3 is 10.6 Å². The maximum Gasteiger partial charge on any atom is 0.293 e. The molecular weight excluding hydrogens is 322 g/mol. The molecule has 0 bridgehead atoms. The number of anilines is 1. The molecular formula is C18H19N3O4. The van der Waals surface area contributed by atoms with E-state index in [1.807, 2.05) is 6.92 Å². The van der Waals surface area contributed by atoms with Gasteiger partial charge in [0.1, 0.15) is 5.69 Å². The number of hydrogen-bond acceptors (Lipinski definition) is 5. The van der Waals surface area contributed by atoms with Crippen LogP contribution in [0, 0.1) is 10.1 Å². The van der Waals surface area contributed by atoms with Crippen molar-refractivity contribution >= 4 is 23.1 Å². The highest BCUT2D eigenvalue weighted by Crippen LogP contribution is 2.26. The standard InChI is InChI=1S/C18H19N3O4/c1-3-10-20-18(23)14-7-5-4-6-13(14)17(22)12-8-9-15(19-2)16(11-12)21(24)25/h4-9,11,19H,3,10H2,1-2H3,(H,20,23). The van der Waals surface area contributed by atoms with Crippen molar-refractivity contribution in [1.82, 2.24) is 5.32 Å². The van der Waals surface area contributed by atoms with Gasteiger partial charge in [-0.05, 0) is 24.6 Å². The molecule has 0 aliphatic heterocycles. The molecule has 0 saturated carbocycles. The minimum Gasteiger partial charge on any atom is -0.383 e. The minimum atomic E-state index is -0.553. The van der Waals surface area contributed by atoms with E-state index in [1.165, 1.54) is 18.2 Å². The van der Waals surface area contributed by atoms with Crippen LogP contribution in [0.15, 0.2) is 42.5 Å². The highest BCUT2D eigenvalue weighted by Gasteiger charge is 2.21. The Hall–Kier alpha value is -3.22. The number of nitrogens with one attached hydrogen (secondary N) is 2. The first kappa shape index (κ1) is 18.1. The van der Waals surface area contributed by atoms with Gasteiger partial charge in [-0.2, -0.15) is 0 Å². The lowest BCUT2D eigenvalue weighted by Gasteiger charge is -2.10. The first-order valence-electron chi connectivity index (χ1n) is 7.87. The number of ketones is 1. The number of nitrogens with zero attached hydrogens (tertiary/aromatic N) is 1. The summed E-state index contributed by atoms with van der Waals surface area (Å²) in [4.78, 5) is 35.7. The fourth-order valence-electron chi connectivity index (χ4n) is 2.40. The molecule has 0 heterocycles. The summed E-state index contributed by atoms with van der Waals surface area (Å²) in [6.45, 7) is 2.43. The average Bonchev–Trinajstić information content (AvgIpc) is 2.64. The summed E-state index contributed by atoms with van der Waals surface area (Å²) in [6.07, 6.45) is 0.777. The van der Waals surface area contributed by atoms with Gasteiger partial charge in [0.25, 0.3) is 11.6 Å². The molecule has 25 heavy (non-hydrogen) atoms. The molecule has 7 nitrogen and oxygen atoms in total. The van der Waals surface area contributed by atoms with Crippen molar-refractivity contribution in [2.45, 2.75) is 13.3 Å². The van der Waals surface area contributed by atoms with E-state index in [1.54, 1.807) is 31.3 Å². The van der Waals surface area contributed by atoms with Crippen LogP contribution in [0.2, 0.25) is 0 Å². The monoisotopic (exact) mass is 341 g/mol. The second-order valence-electron chi connectivity index (χ2n) is 5.37. The third kappa shape index (κ3) is 4.00. The second kappa shape index (κ2) is 8.05. The van der Waals surface area contributed by atoms with Crippen molar-refractivity contribution in [3.63, 3.8) is 0 Å². The molecule has 0 aromatic heterocycles. The summed E-state index contributed by atoms with van der Waals surface area (Å²) in [5, 5.41) is 16.6. The summed E-state index contributed by atoms with van der Waals surface area (Å²) >= 11 is 0. The molecule has 1 amide bonds. The van der Waals surface area contributed by atoms with E-state index in [-0.39, 0.29) is 28.3 Å². The third-order valence-corrected chi connectivity index (χ3v) is 3.68. The Morgan fingerprint density at radius 3 is 2.40 bits per heavy atom. The molecule has 0 spiro atoms. The van der Waals surface area contributed by atoms with E-state index < -0.39 is 10.7 Å². The van der Waals surface area contributed by atoms with E-state index in [2.05, 4.69) is 10.6 Å². The molecule has 0 fully saturated rings. The van der Waals surface area contributed by atoms with E-state index in [4.69, 9.17) is 0 Å². The first-order chi connectivity index (χ1) is 12.0. The van der Waals surface area contributed by atoms with Gasteiger partial charge >= 0.3 is 0 Å². The predicted octanol–water partition coefficient (Wildman–Crippen LogP) is 3.01. The smallest absolute Gasteiger partial charge is 0.293 e. The molecule has 0 radical (unpaired) electrons. The van der Waals surface area contributed by atoms with Crippen LogP contribution in [-0.4, -0.2) is 30.2 Å². The lowest BCUT2D eigenvalue weighted by atomic mass is 9.97. The van der Waals surface area contributed by atoms with Crippen molar-refractivity contribution in [2.75, 3.05) is 18.9 Å². The lowest BCUT2D eigenvalue weighted by Crippen LogP contribution is -2.26. The number of carbonyl (C=O) groups excluding carboxylic acids is 2. The normalized spacial score (nSPS) is 10.2. The van der Waals surface area contributed by atoms with Gasteiger partial charge in [-0.1, -0.05) is 25.1 Å². The van der Waals surface area contributed by atoms with Crippen molar-refractivity contribution in [1.29, 1.82) is 0 Å². The van der Waals surface area contributed by atoms with Gasteiger partial charge in [0.2, 0.25) is 0 Å². The fourth-order valence-corrected chi connectivity index (χ4v) is 2.40. The van der Waals surface area contributed by atoms with Gasteiger partial charge in [0, 0.05) is 30.8 Å². The van der Waals surface area contributed by atoms with Crippen LogP contribution >= 0.6 is 0 Å². The van der Waals surface area contributed by atoms with E-state index in [0.29, 0.717) is 12.2 Å². The Morgan fingerprint density at radius 2 is 1.80 bits per heavy atom. The summed E-state index contributed by atoms with van der Waals surface area (Å²) in [6, 6.07) is 10.6. The highest BCUT2D eigenvalue weighted by molar-refractivity contribution is 6.15. The van der Waals surface area contributed by atoms with Crippen LogP contribution in [0.4, 0.5) is 11.4 Å². The molecule has 2 N–H and O–H groups in total. The zero-order chi connectivity index (χ0) is 18.4. The zero-order valence-electron chi connectivity index (χ0n) is 14.0. The molecule has 130 valence electrons. The molecule has 0 saturated heterocycles. The summed E-state index contributed by atoms with van der Waals surface area (Å²) in [5.74, 6) is -0.778. The van der Waals surface area contributed by atoms with Crippen molar-refractivity contribution < 1.29 is 14.5 Å². The maximum atomic E-state index is 12.8. The molecule has 0 atom stereocenters. The molecule has 2 rings (SSSR count). The van der Waals surface area contributed by atoms with Gasteiger partial charge in [0.05, 0.1) is 10.5 Å².